The highest BCUT2D eigenvalue weighted by atomic mass is 19.1. The molecule has 1 heterocycles. The molecule has 0 atom stereocenters. The van der Waals surface area contributed by atoms with Crippen molar-refractivity contribution >= 4 is 5.97 Å². The molecule has 1 aromatic heterocycles. The van der Waals surface area contributed by atoms with Crippen LogP contribution >= 0.6 is 0 Å². The normalized spacial score (nSPS) is 10.5. The molecule has 6 heteroatoms. The molecular formula is C17H13FN2O3. The van der Waals surface area contributed by atoms with Gasteiger partial charge in [-0.2, -0.15) is 0 Å². The summed E-state index contributed by atoms with van der Waals surface area (Å²) >= 11 is 0. The van der Waals surface area contributed by atoms with Crippen LogP contribution in [-0.4, -0.2) is 16.2 Å². The van der Waals surface area contributed by atoms with Crippen molar-refractivity contribution in [3.8, 4) is 11.5 Å². The van der Waals surface area contributed by atoms with Gasteiger partial charge in [-0.3, -0.25) is 0 Å². The van der Waals surface area contributed by atoms with Crippen molar-refractivity contribution in [1.29, 1.82) is 0 Å². The Labute approximate surface area is 131 Å². The van der Waals surface area contributed by atoms with Crippen molar-refractivity contribution in [1.82, 2.24) is 10.2 Å². The highest BCUT2D eigenvalue weighted by Gasteiger charge is 2.12. The van der Waals surface area contributed by atoms with Crippen molar-refractivity contribution < 1.29 is 18.3 Å². The Morgan fingerprint density at radius 2 is 2.00 bits per heavy atom. The summed E-state index contributed by atoms with van der Waals surface area (Å²) in [6.45, 7) is 1.79. The topological polar surface area (TPSA) is 65.2 Å². The summed E-state index contributed by atoms with van der Waals surface area (Å²) in [6, 6.07) is 12.9. The monoisotopic (exact) mass is 312 g/mol. The second-order valence-electron chi connectivity index (χ2n) is 4.96. The molecule has 0 amide bonds. The molecule has 0 aliphatic rings. The lowest BCUT2D eigenvalue weighted by Gasteiger charge is -2.01. The first-order chi connectivity index (χ1) is 11.1. The Balaban J connectivity index is 1.67. The molecule has 0 aliphatic heterocycles. The van der Waals surface area contributed by atoms with E-state index in [1.807, 2.05) is 31.2 Å². The van der Waals surface area contributed by atoms with Crippen LogP contribution in [-0.2, 0) is 11.3 Å². The molecule has 0 aliphatic carbocycles. The first-order valence-corrected chi connectivity index (χ1v) is 6.94. The fourth-order valence-corrected chi connectivity index (χ4v) is 2.03. The highest BCUT2D eigenvalue weighted by Crippen LogP contribution is 2.19. The molecule has 0 bridgehead atoms. The molecule has 0 saturated carbocycles. The number of benzene rings is 2. The van der Waals surface area contributed by atoms with Gasteiger partial charge in [0, 0.05) is 5.56 Å². The van der Waals surface area contributed by atoms with Crippen LogP contribution in [0.4, 0.5) is 4.39 Å². The fourth-order valence-electron chi connectivity index (χ4n) is 2.03. The molecule has 2 aromatic carbocycles. The van der Waals surface area contributed by atoms with Crippen molar-refractivity contribution in [2.24, 2.45) is 0 Å². The number of carbonyl (C=O) groups is 1. The Morgan fingerprint density at radius 3 is 2.78 bits per heavy atom. The molecule has 0 unspecified atom stereocenters. The Bertz CT molecular complexity index is 845. The van der Waals surface area contributed by atoms with E-state index in [-0.39, 0.29) is 18.1 Å². The molecule has 5 nitrogen and oxygen atoms in total. The smallest absolute Gasteiger partial charge is 0.338 e. The van der Waals surface area contributed by atoms with E-state index >= 15 is 0 Å². The summed E-state index contributed by atoms with van der Waals surface area (Å²) < 4.78 is 23.6. The van der Waals surface area contributed by atoms with Crippen LogP contribution in [0.15, 0.2) is 52.9 Å². The SMILES string of the molecule is Cc1cccc(-c2nnc(COC(=O)c3cccc(F)c3)o2)c1. The number of esters is 1. The Hall–Kier alpha value is -3.02. The molecule has 116 valence electrons. The maximum Gasteiger partial charge on any atom is 0.338 e. The van der Waals surface area contributed by atoms with Crippen LogP contribution in [0.5, 0.6) is 0 Å². The summed E-state index contributed by atoms with van der Waals surface area (Å²) in [5, 5.41) is 7.76. The van der Waals surface area contributed by atoms with Gasteiger partial charge in [0.15, 0.2) is 6.61 Å². The minimum absolute atomic E-state index is 0.128. The summed E-state index contributed by atoms with van der Waals surface area (Å²) in [6.07, 6.45) is 0. The number of carbonyl (C=O) groups excluding carboxylic acids is 1. The first-order valence-electron chi connectivity index (χ1n) is 6.94. The summed E-state index contributed by atoms with van der Waals surface area (Å²) in [4.78, 5) is 11.8. The zero-order valence-corrected chi connectivity index (χ0v) is 12.3. The number of hydrogen-bond donors (Lipinski definition) is 0. The molecule has 23 heavy (non-hydrogen) atoms. The van der Waals surface area contributed by atoms with Gasteiger partial charge in [-0.15, -0.1) is 10.2 Å². The summed E-state index contributed by atoms with van der Waals surface area (Å²) in [5.74, 6) is -0.629. The van der Waals surface area contributed by atoms with Gasteiger partial charge in [0.25, 0.3) is 5.89 Å². The van der Waals surface area contributed by atoms with Crippen LogP contribution in [0.3, 0.4) is 0 Å². The molecule has 0 saturated heterocycles. The average Bonchev–Trinajstić information content (AvgIpc) is 3.01. The summed E-state index contributed by atoms with van der Waals surface area (Å²) in [5.41, 5.74) is 1.99. The third-order valence-electron chi connectivity index (χ3n) is 3.12. The quantitative estimate of drug-likeness (QED) is 0.689. The molecule has 0 N–H and O–H groups in total. The number of aryl methyl sites for hydroxylation is 1. The lowest BCUT2D eigenvalue weighted by Crippen LogP contribution is -2.05. The zero-order chi connectivity index (χ0) is 16.2. The second-order valence-corrected chi connectivity index (χ2v) is 4.96. The third kappa shape index (κ3) is 3.60. The van der Waals surface area contributed by atoms with E-state index in [9.17, 15) is 9.18 Å². The molecule has 0 spiro atoms. The highest BCUT2D eigenvalue weighted by molar-refractivity contribution is 5.89. The van der Waals surface area contributed by atoms with E-state index in [2.05, 4.69) is 10.2 Å². The number of nitrogens with zero attached hydrogens (tertiary/aromatic N) is 2. The molecular weight excluding hydrogens is 299 g/mol. The third-order valence-corrected chi connectivity index (χ3v) is 3.12. The van der Waals surface area contributed by atoms with Gasteiger partial charge in [0.1, 0.15) is 5.82 Å². The predicted octanol–water partition coefficient (Wildman–Crippen LogP) is 3.54. The molecule has 0 fully saturated rings. The number of aromatic nitrogens is 2. The van der Waals surface area contributed by atoms with Gasteiger partial charge in [-0.25, -0.2) is 9.18 Å². The Morgan fingerprint density at radius 1 is 1.17 bits per heavy atom. The second kappa shape index (κ2) is 6.39. The lowest BCUT2D eigenvalue weighted by atomic mass is 10.1. The number of halogens is 1. The minimum Gasteiger partial charge on any atom is -0.452 e. The van der Waals surface area contributed by atoms with Crippen molar-refractivity contribution in [3.05, 3.63) is 71.4 Å². The van der Waals surface area contributed by atoms with Gasteiger partial charge in [-0.1, -0.05) is 23.8 Å². The lowest BCUT2D eigenvalue weighted by molar-refractivity contribution is 0.0438. The maximum atomic E-state index is 13.1. The Kier molecular flexibility index (Phi) is 4.14. The van der Waals surface area contributed by atoms with Crippen LogP contribution in [0, 0.1) is 12.7 Å². The van der Waals surface area contributed by atoms with E-state index in [1.165, 1.54) is 18.2 Å². The maximum absolute atomic E-state index is 13.1. The van der Waals surface area contributed by atoms with Gasteiger partial charge >= 0.3 is 5.97 Å². The summed E-state index contributed by atoms with van der Waals surface area (Å²) in [7, 11) is 0. The van der Waals surface area contributed by atoms with Crippen LogP contribution in [0.2, 0.25) is 0 Å². The number of rotatable bonds is 4. The van der Waals surface area contributed by atoms with Gasteiger partial charge in [0.05, 0.1) is 5.56 Å². The van der Waals surface area contributed by atoms with E-state index in [0.717, 1.165) is 17.2 Å². The molecule has 3 aromatic rings. The van der Waals surface area contributed by atoms with E-state index in [1.54, 1.807) is 0 Å². The van der Waals surface area contributed by atoms with Crippen molar-refractivity contribution in [3.63, 3.8) is 0 Å². The van der Waals surface area contributed by atoms with Gasteiger partial charge in [-0.05, 0) is 37.3 Å². The van der Waals surface area contributed by atoms with Gasteiger partial charge < -0.3 is 9.15 Å². The van der Waals surface area contributed by atoms with Gasteiger partial charge in [0.2, 0.25) is 5.89 Å². The predicted molar refractivity (Wildman–Crippen MR) is 80.0 cm³/mol. The van der Waals surface area contributed by atoms with Crippen molar-refractivity contribution in [2.45, 2.75) is 13.5 Å². The minimum atomic E-state index is -0.653. The largest absolute Gasteiger partial charge is 0.452 e. The molecule has 0 radical (unpaired) electrons. The first kappa shape index (κ1) is 14.9. The molecule has 3 rings (SSSR count). The van der Waals surface area contributed by atoms with Crippen molar-refractivity contribution in [2.75, 3.05) is 0 Å². The van der Waals surface area contributed by atoms with Crippen LogP contribution < -0.4 is 0 Å². The van der Waals surface area contributed by atoms with E-state index in [4.69, 9.17) is 9.15 Å². The zero-order valence-electron chi connectivity index (χ0n) is 12.3. The number of ether oxygens (including phenoxy) is 1. The van der Waals surface area contributed by atoms with Crippen LogP contribution in [0.25, 0.3) is 11.5 Å². The average molecular weight is 312 g/mol. The standard InChI is InChI=1S/C17H13FN2O3/c1-11-4-2-5-12(8-11)16-20-19-15(23-16)10-22-17(21)13-6-3-7-14(18)9-13/h2-9H,10H2,1H3. The van der Waals surface area contributed by atoms with Crippen LogP contribution in [0.1, 0.15) is 21.8 Å². The fraction of sp³-hybridized carbons (Fsp3) is 0.118. The number of hydrogen-bond acceptors (Lipinski definition) is 5. The van der Waals surface area contributed by atoms with E-state index < -0.39 is 11.8 Å². The van der Waals surface area contributed by atoms with E-state index in [0.29, 0.717) is 5.89 Å².